The van der Waals surface area contributed by atoms with Gasteiger partial charge in [-0.2, -0.15) is 0 Å². The molecule has 2 aromatic carbocycles. The van der Waals surface area contributed by atoms with E-state index in [1.165, 1.54) is 11.1 Å². The lowest BCUT2D eigenvalue weighted by Crippen LogP contribution is -2.13. The fourth-order valence-electron chi connectivity index (χ4n) is 2.19. The van der Waals surface area contributed by atoms with Crippen molar-refractivity contribution in [2.45, 2.75) is 40.0 Å². The molecule has 0 aliphatic heterocycles. The molecule has 0 radical (unpaired) electrons. The zero-order valence-electron chi connectivity index (χ0n) is 12.9. The van der Waals surface area contributed by atoms with Gasteiger partial charge in [-0.1, -0.05) is 62.7 Å². The van der Waals surface area contributed by atoms with E-state index in [2.05, 4.69) is 26.8 Å². The van der Waals surface area contributed by atoms with Crippen molar-refractivity contribution in [2.24, 2.45) is 0 Å². The fraction of sp³-hybridized carbons (Fsp3) is 0.316. The van der Waals surface area contributed by atoms with Gasteiger partial charge < -0.3 is 0 Å². The van der Waals surface area contributed by atoms with Crippen molar-refractivity contribution in [3.63, 3.8) is 0 Å². The van der Waals surface area contributed by atoms with E-state index in [0.717, 1.165) is 16.7 Å². The van der Waals surface area contributed by atoms with Crippen LogP contribution in [0, 0.1) is 13.8 Å². The molecule has 2 rings (SSSR count). The third-order valence-corrected chi connectivity index (χ3v) is 3.66. The lowest BCUT2D eigenvalue weighted by molar-refractivity contribution is 0.103. The largest absolute Gasteiger partial charge is 0.289 e. The summed E-state index contributed by atoms with van der Waals surface area (Å²) in [5.41, 5.74) is 5.01. The highest BCUT2D eigenvalue weighted by molar-refractivity contribution is 6.10. The average molecular weight is 266 g/mol. The summed E-state index contributed by atoms with van der Waals surface area (Å²) in [5.74, 6) is 0.105. The third kappa shape index (κ3) is 2.98. The predicted octanol–water partition coefficient (Wildman–Crippen LogP) is 4.83. The molecule has 0 saturated heterocycles. The summed E-state index contributed by atoms with van der Waals surface area (Å²) in [7, 11) is 0. The normalized spacial score (nSPS) is 11.4. The van der Waals surface area contributed by atoms with E-state index in [9.17, 15) is 4.79 Å². The zero-order valence-corrected chi connectivity index (χ0v) is 12.9. The summed E-state index contributed by atoms with van der Waals surface area (Å²) >= 11 is 0. The molecule has 0 aliphatic carbocycles. The SMILES string of the molecule is Cc1ccc(C(=O)c2cc(C(C)(C)C)ccc2C)cc1. The van der Waals surface area contributed by atoms with Crippen molar-refractivity contribution in [3.8, 4) is 0 Å². The second-order valence-corrected chi connectivity index (χ2v) is 6.47. The molecule has 0 aromatic heterocycles. The fourth-order valence-corrected chi connectivity index (χ4v) is 2.19. The smallest absolute Gasteiger partial charge is 0.193 e. The topological polar surface area (TPSA) is 17.1 Å². The molecule has 0 fully saturated rings. The van der Waals surface area contributed by atoms with Gasteiger partial charge in [0.2, 0.25) is 0 Å². The van der Waals surface area contributed by atoms with Gasteiger partial charge in [-0.25, -0.2) is 0 Å². The van der Waals surface area contributed by atoms with E-state index in [-0.39, 0.29) is 11.2 Å². The van der Waals surface area contributed by atoms with E-state index in [0.29, 0.717) is 0 Å². The molecule has 1 heteroatoms. The molecule has 0 amide bonds. The van der Waals surface area contributed by atoms with Crippen molar-refractivity contribution in [2.75, 3.05) is 0 Å². The highest BCUT2D eigenvalue weighted by Crippen LogP contribution is 2.25. The summed E-state index contributed by atoms with van der Waals surface area (Å²) in [5, 5.41) is 0. The van der Waals surface area contributed by atoms with Crippen LogP contribution in [0.15, 0.2) is 42.5 Å². The van der Waals surface area contributed by atoms with Crippen LogP contribution in [0.25, 0.3) is 0 Å². The monoisotopic (exact) mass is 266 g/mol. The van der Waals surface area contributed by atoms with Gasteiger partial charge in [-0.15, -0.1) is 0 Å². The zero-order chi connectivity index (χ0) is 14.9. The van der Waals surface area contributed by atoms with E-state index in [1.807, 2.05) is 50.2 Å². The quantitative estimate of drug-likeness (QED) is 0.711. The van der Waals surface area contributed by atoms with Gasteiger partial charge in [0.25, 0.3) is 0 Å². The Morgan fingerprint density at radius 2 is 1.50 bits per heavy atom. The molecule has 104 valence electrons. The Bertz CT molecular complexity index is 628. The van der Waals surface area contributed by atoms with Gasteiger partial charge in [0.15, 0.2) is 5.78 Å². The van der Waals surface area contributed by atoms with Crippen LogP contribution in [0.2, 0.25) is 0 Å². The summed E-state index contributed by atoms with van der Waals surface area (Å²) in [6.07, 6.45) is 0. The number of carbonyl (C=O) groups excluding carboxylic acids is 1. The minimum absolute atomic E-state index is 0.0516. The van der Waals surface area contributed by atoms with Gasteiger partial charge in [0.1, 0.15) is 0 Å². The Labute approximate surface area is 121 Å². The maximum Gasteiger partial charge on any atom is 0.193 e. The molecule has 1 nitrogen and oxygen atoms in total. The van der Waals surface area contributed by atoms with Crippen LogP contribution in [0.1, 0.15) is 53.4 Å². The van der Waals surface area contributed by atoms with E-state index < -0.39 is 0 Å². The second-order valence-electron chi connectivity index (χ2n) is 6.47. The number of benzene rings is 2. The van der Waals surface area contributed by atoms with Gasteiger partial charge in [0, 0.05) is 11.1 Å². The first-order valence-corrected chi connectivity index (χ1v) is 7.01. The Morgan fingerprint density at radius 1 is 0.900 bits per heavy atom. The second kappa shape index (κ2) is 5.24. The van der Waals surface area contributed by atoms with Gasteiger partial charge in [-0.05, 0) is 36.5 Å². The number of hydrogen-bond donors (Lipinski definition) is 0. The molecular weight excluding hydrogens is 244 g/mol. The van der Waals surface area contributed by atoms with Crippen LogP contribution in [0.4, 0.5) is 0 Å². The number of carbonyl (C=O) groups is 1. The molecule has 0 unspecified atom stereocenters. The highest BCUT2D eigenvalue weighted by atomic mass is 16.1. The first-order valence-electron chi connectivity index (χ1n) is 7.01. The standard InChI is InChI=1S/C19H22O/c1-13-6-9-15(10-7-13)18(20)17-12-16(19(3,4)5)11-8-14(17)2/h6-12H,1-5H3. The highest BCUT2D eigenvalue weighted by Gasteiger charge is 2.18. The van der Waals surface area contributed by atoms with Crippen molar-refractivity contribution >= 4 is 5.78 Å². The molecule has 0 heterocycles. The molecule has 0 N–H and O–H groups in total. The predicted molar refractivity (Wildman–Crippen MR) is 84.5 cm³/mol. The molecular formula is C19H22O. The maximum absolute atomic E-state index is 12.7. The summed E-state index contributed by atoms with van der Waals surface area (Å²) in [4.78, 5) is 12.7. The maximum atomic E-state index is 12.7. The van der Waals surface area contributed by atoms with Crippen LogP contribution in [0.5, 0.6) is 0 Å². The minimum atomic E-state index is 0.0516. The Balaban J connectivity index is 2.46. The average Bonchev–Trinajstić information content (AvgIpc) is 2.38. The molecule has 2 aromatic rings. The first-order chi connectivity index (χ1) is 9.29. The number of aryl methyl sites for hydroxylation is 2. The number of rotatable bonds is 2. The molecule has 0 aliphatic rings. The van der Waals surface area contributed by atoms with E-state index in [1.54, 1.807) is 0 Å². The lowest BCUT2D eigenvalue weighted by atomic mass is 9.84. The van der Waals surface area contributed by atoms with Crippen molar-refractivity contribution in [1.29, 1.82) is 0 Å². The molecule has 20 heavy (non-hydrogen) atoms. The van der Waals surface area contributed by atoms with Crippen LogP contribution >= 0.6 is 0 Å². The van der Waals surface area contributed by atoms with Gasteiger partial charge >= 0.3 is 0 Å². The summed E-state index contributed by atoms with van der Waals surface area (Å²) < 4.78 is 0. The molecule has 0 bridgehead atoms. The number of ketones is 1. The lowest BCUT2D eigenvalue weighted by Gasteiger charge is -2.20. The van der Waals surface area contributed by atoms with Gasteiger partial charge in [-0.3, -0.25) is 4.79 Å². The minimum Gasteiger partial charge on any atom is -0.289 e. The van der Waals surface area contributed by atoms with Crippen molar-refractivity contribution < 1.29 is 4.79 Å². The van der Waals surface area contributed by atoms with Gasteiger partial charge in [0.05, 0.1) is 0 Å². The third-order valence-electron chi connectivity index (χ3n) is 3.66. The summed E-state index contributed by atoms with van der Waals surface area (Å²) in [6, 6.07) is 14.0. The van der Waals surface area contributed by atoms with Crippen LogP contribution in [-0.4, -0.2) is 5.78 Å². The van der Waals surface area contributed by atoms with Crippen molar-refractivity contribution in [1.82, 2.24) is 0 Å². The Kier molecular flexibility index (Phi) is 3.80. The molecule has 0 atom stereocenters. The number of hydrogen-bond acceptors (Lipinski definition) is 1. The van der Waals surface area contributed by atoms with Crippen LogP contribution < -0.4 is 0 Å². The Hall–Kier alpha value is -1.89. The summed E-state index contributed by atoms with van der Waals surface area (Å²) in [6.45, 7) is 10.5. The molecule has 0 spiro atoms. The van der Waals surface area contributed by atoms with E-state index in [4.69, 9.17) is 0 Å². The van der Waals surface area contributed by atoms with Crippen LogP contribution in [0.3, 0.4) is 0 Å². The Morgan fingerprint density at radius 3 is 2.05 bits per heavy atom. The van der Waals surface area contributed by atoms with Crippen molar-refractivity contribution in [3.05, 3.63) is 70.3 Å². The molecule has 0 saturated carbocycles. The van der Waals surface area contributed by atoms with Crippen LogP contribution in [-0.2, 0) is 5.41 Å². The van der Waals surface area contributed by atoms with E-state index >= 15 is 0 Å². The first kappa shape index (κ1) is 14.5.